The van der Waals surface area contributed by atoms with Crippen LogP contribution in [0, 0.1) is 0 Å². The maximum atomic E-state index is 12.2. The molecule has 1 saturated heterocycles. The summed E-state index contributed by atoms with van der Waals surface area (Å²) in [4.78, 5) is 32.4. The number of aldehydes is 1. The average molecular weight is 321 g/mol. The van der Waals surface area contributed by atoms with Crippen LogP contribution in [0.5, 0.6) is 5.88 Å². The van der Waals surface area contributed by atoms with Crippen molar-refractivity contribution in [3.63, 3.8) is 0 Å². The first kappa shape index (κ1) is 17.2. The fraction of sp³-hybridized carbons (Fsp3) is 0.625. The number of carbonyl (C=O) groups is 2. The molecule has 0 saturated carbocycles. The second kappa shape index (κ2) is 6.93. The van der Waals surface area contributed by atoms with E-state index in [1.165, 1.54) is 6.20 Å². The van der Waals surface area contributed by atoms with Crippen LogP contribution >= 0.6 is 0 Å². The lowest BCUT2D eigenvalue weighted by atomic mass is 10.0. The molecule has 2 rings (SSSR count). The van der Waals surface area contributed by atoms with Gasteiger partial charge in [0.05, 0.1) is 0 Å². The Morgan fingerprint density at radius 3 is 2.78 bits per heavy atom. The highest BCUT2D eigenvalue weighted by Crippen LogP contribution is 2.23. The van der Waals surface area contributed by atoms with Crippen LogP contribution < -0.4 is 4.74 Å². The number of amides is 1. The molecule has 1 aliphatic rings. The second-order valence-corrected chi connectivity index (χ2v) is 6.66. The molecule has 7 nitrogen and oxygen atoms in total. The van der Waals surface area contributed by atoms with E-state index in [2.05, 4.69) is 9.97 Å². The van der Waals surface area contributed by atoms with Gasteiger partial charge < -0.3 is 14.4 Å². The summed E-state index contributed by atoms with van der Waals surface area (Å²) < 4.78 is 11.2. The zero-order valence-electron chi connectivity index (χ0n) is 14.0. The van der Waals surface area contributed by atoms with E-state index in [9.17, 15) is 9.59 Å². The fourth-order valence-corrected chi connectivity index (χ4v) is 2.48. The quantitative estimate of drug-likeness (QED) is 0.795. The third-order valence-electron chi connectivity index (χ3n) is 3.50. The third kappa shape index (κ3) is 4.91. The number of piperidine rings is 1. The summed E-state index contributed by atoms with van der Waals surface area (Å²) in [5.74, 6) is 0.478. The molecule has 1 amide bonds. The molecule has 0 unspecified atom stereocenters. The minimum Gasteiger partial charge on any atom is -0.474 e. The molecule has 0 spiro atoms. The lowest BCUT2D eigenvalue weighted by Crippen LogP contribution is -2.49. The monoisotopic (exact) mass is 321 g/mol. The minimum atomic E-state index is -0.504. The summed E-state index contributed by atoms with van der Waals surface area (Å²) in [6, 6.07) is 1.63. The number of hydrogen-bond donors (Lipinski definition) is 0. The molecular formula is C16H23N3O4. The molecule has 0 radical (unpaired) electrons. The predicted octanol–water partition coefficient (Wildman–Crippen LogP) is 2.46. The number of nitrogens with zero attached hydrogens (tertiary/aromatic N) is 3. The molecule has 0 bridgehead atoms. The lowest BCUT2D eigenvalue weighted by Gasteiger charge is -2.38. The van der Waals surface area contributed by atoms with E-state index in [-0.39, 0.29) is 24.1 Å². The van der Waals surface area contributed by atoms with Crippen LogP contribution in [0.25, 0.3) is 0 Å². The maximum absolute atomic E-state index is 12.2. The van der Waals surface area contributed by atoms with Crippen LogP contribution in [0.15, 0.2) is 12.3 Å². The zero-order chi connectivity index (χ0) is 17.0. The van der Waals surface area contributed by atoms with Crippen LogP contribution in [-0.4, -0.2) is 51.5 Å². The molecule has 1 fully saturated rings. The van der Waals surface area contributed by atoms with Crippen LogP contribution in [0.1, 0.15) is 51.2 Å². The van der Waals surface area contributed by atoms with Crippen molar-refractivity contribution < 1.29 is 19.1 Å². The normalized spacial score (nSPS) is 21.7. The highest BCUT2D eigenvalue weighted by Gasteiger charge is 2.32. The van der Waals surface area contributed by atoms with Gasteiger partial charge in [0.1, 0.15) is 11.7 Å². The topological polar surface area (TPSA) is 81.6 Å². The lowest BCUT2D eigenvalue weighted by molar-refractivity contribution is -0.00155. The standard InChI is InChI=1S/C16H23N3O4/c1-11-9-12(22-14-5-7-17-13(10-20)18-14)6-8-19(11)15(21)23-16(2,3)4/h5,7,10-12H,6,8-9H2,1-4H3/t11-,12-/m0/s1. The molecule has 1 aromatic heterocycles. The van der Waals surface area contributed by atoms with Gasteiger partial charge in [0.25, 0.3) is 0 Å². The van der Waals surface area contributed by atoms with E-state index in [0.29, 0.717) is 31.6 Å². The molecule has 0 aliphatic carbocycles. The molecule has 1 aromatic rings. The van der Waals surface area contributed by atoms with Crippen molar-refractivity contribution in [2.45, 2.75) is 58.3 Å². The van der Waals surface area contributed by atoms with Crippen molar-refractivity contribution in [3.8, 4) is 5.88 Å². The average Bonchev–Trinajstić information content (AvgIpc) is 2.45. The van der Waals surface area contributed by atoms with Crippen LogP contribution in [-0.2, 0) is 4.74 Å². The Balaban J connectivity index is 1.93. The Bertz CT molecular complexity index is 571. The van der Waals surface area contributed by atoms with E-state index < -0.39 is 5.60 Å². The van der Waals surface area contributed by atoms with Gasteiger partial charge in [0.15, 0.2) is 12.1 Å². The Kier molecular flexibility index (Phi) is 5.18. The third-order valence-corrected chi connectivity index (χ3v) is 3.50. The Labute approximate surface area is 136 Å². The largest absolute Gasteiger partial charge is 0.474 e. The van der Waals surface area contributed by atoms with Crippen molar-refractivity contribution in [1.29, 1.82) is 0 Å². The minimum absolute atomic E-state index is 0.0102. The maximum Gasteiger partial charge on any atom is 0.410 e. The van der Waals surface area contributed by atoms with Crippen molar-refractivity contribution >= 4 is 12.4 Å². The molecule has 126 valence electrons. The van der Waals surface area contributed by atoms with Crippen LogP contribution in [0.2, 0.25) is 0 Å². The Morgan fingerprint density at radius 1 is 1.43 bits per heavy atom. The number of hydrogen-bond acceptors (Lipinski definition) is 6. The summed E-state index contributed by atoms with van der Waals surface area (Å²) in [6.45, 7) is 8.09. The summed E-state index contributed by atoms with van der Waals surface area (Å²) >= 11 is 0. The van der Waals surface area contributed by atoms with Gasteiger partial charge in [-0.1, -0.05) is 0 Å². The second-order valence-electron chi connectivity index (χ2n) is 6.66. The summed E-state index contributed by atoms with van der Waals surface area (Å²) in [5.41, 5.74) is -0.504. The van der Waals surface area contributed by atoms with Gasteiger partial charge in [-0.2, -0.15) is 4.98 Å². The highest BCUT2D eigenvalue weighted by molar-refractivity contribution is 5.69. The van der Waals surface area contributed by atoms with Gasteiger partial charge in [-0.15, -0.1) is 0 Å². The highest BCUT2D eigenvalue weighted by atomic mass is 16.6. The van der Waals surface area contributed by atoms with Crippen LogP contribution in [0.4, 0.5) is 4.79 Å². The first-order valence-corrected chi connectivity index (χ1v) is 7.73. The van der Waals surface area contributed by atoms with E-state index >= 15 is 0 Å². The van der Waals surface area contributed by atoms with E-state index in [4.69, 9.17) is 9.47 Å². The summed E-state index contributed by atoms with van der Waals surface area (Å²) in [6.07, 6.45) is 3.09. The molecule has 7 heteroatoms. The van der Waals surface area contributed by atoms with Gasteiger partial charge in [0, 0.05) is 37.7 Å². The number of aromatic nitrogens is 2. The first-order valence-electron chi connectivity index (χ1n) is 7.73. The Morgan fingerprint density at radius 2 is 2.17 bits per heavy atom. The van der Waals surface area contributed by atoms with Gasteiger partial charge in [-0.25, -0.2) is 9.78 Å². The zero-order valence-corrected chi connectivity index (χ0v) is 14.0. The van der Waals surface area contributed by atoms with E-state index in [1.807, 2.05) is 27.7 Å². The molecule has 0 N–H and O–H groups in total. The van der Waals surface area contributed by atoms with Gasteiger partial charge in [-0.05, 0) is 27.7 Å². The molecular weight excluding hydrogens is 298 g/mol. The predicted molar refractivity (Wildman–Crippen MR) is 83.5 cm³/mol. The molecule has 0 aromatic carbocycles. The number of carbonyl (C=O) groups excluding carboxylic acids is 2. The molecule has 1 aliphatic heterocycles. The van der Waals surface area contributed by atoms with E-state index in [0.717, 1.165) is 0 Å². The number of rotatable bonds is 3. The van der Waals surface area contributed by atoms with E-state index in [1.54, 1.807) is 11.0 Å². The van der Waals surface area contributed by atoms with Crippen molar-refractivity contribution in [2.24, 2.45) is 0 Å². The summed E-state index contributed by atoms with van der Waals surface area (Å²) in [7, 11) is 0. The Hall–Kier alpha value is -2.18. The van der Waals surface area contributed by atoms with Gasteiger partial charge in [0.2, 0.25) is 5.88 Å². The van der Waals surface area contributed by atoms with Gasteiger partial charge >= 0.3 is 6.09 Å². The SMILES string of the molecule is C[C@H]1C[C@@H](Oc2ccnc(C=O)n2)CCN1C(=O)OC(C)(C)C. The first-order chi connectivity index (χ1) is 10.8. The van der Waals surface area contributed by atoms with Crippen molar-refractivity contribution in [2.75, 3.05) is 6.54 Å². The number of ether oxygens (including phenoxy) is 2. The van der Waals surface area contributed by atoms with Crippen molar-refractivity contribution in [3.05, 3.63) is 18.1 Å². The molecule has 23 heavy (non-hydrogen) atoms. The van der Waals surface area contributed by atoms with Crippen molar-refractivity contribution in [1.82, 2.24) is 14.9 Å². The van der Waals surface area contributed by atoms with Crippen LogP contribution in [0.3, 0.4) is 0 Å². The smallest absolute Gasteiger partial charge is 0.410 e. The molecule has 2 heterocycles. The molecule has 2 atom stereocenters. The van der Waals surface area contributed by atoms with Gasteiger partial charge in [-0.3, -0.25) is 4.79 Å². The number of likely N-dealkylation sites (tertiary alicyclic amines) is 1. The fourth-order valence-electron chi connectivity index (χ4n) is 2.48. The summed E-state index contributed by atoms with van der Waals surface area (Å²) in [5, 5.41) is 0.